The van der Waals surface area contributed by atoms with Crippen molar-refractivity contribution < 1.29 is 9.15 Å². The summed E-state index contributed by atoms with van der Waals surface area (Å²) >= 11 is 6.02. The zero-order chi connectivity index (χ0) is 19.7. The van der Waals surface area contributed by atoms with Crippen molar-refractivity contribution in [2.45, 2.75) is 20.5 Å². The van der Waals surface area contributed by atoms with Gasteiger partial charge in [0.2, 0.25) is 11.2 Å². The maximum absolute atomic E-state index is 13.2. The van der Waals surface area contributed by atoms with Crippen LogP contribution in [0.4, 0.5) is 0 Å². The number of halogens is 1. The Hall–Kier alpha value is -3.04. The summed E-state index contributed by atoms with van der Waals surface area (Å²) in [7, 11) is 0. The molecule has 1 aromatic heterocycles. The number of fused-ring (bicyclic) bond motifs is 1. The van der Waals surface area contributed by atoms with Crippen molar-refractivity contribution in [2.24, 2.45) is 0 Å². The molecule has 0 N–H and O–H groups in total. The van der Waals surface area contributed by atoms with Crippen LogP contribution in [0.2, 0.25) is 5.02 Å². The molecule has 3 nitrogen and oxygen atoms in total. The second-order valence-corrected chi connectivity index (χ2v) is 7.31. The van der Waals surface area contributed by atoms with Gasteiger partial charge >= 0.3 is 0 Å². The molecule has 0 saturated heterocycles. The largest absolute Gasteiger partial charge is 0.481 e. The Labute approximate surface area is 168 Å². The molecule has 0 bridgehead atoms. The highest BCUT2D eigenvalue weighted by atomic mass is 35.5. The van der Waals surface area contributed by atoms with Gasteiger partial charge in [-0.2, -0.15) is 0 Å². The lowest BCUT2D eigenvalue weighted by Crippen LogP contribution is -2.10. The van der Waals surface area contributed by atoms with E-state index in [1.165, 1.54) is 0 Å². The molecule has 0 saturated carbocycles. The van der Waals surface area contributed by atoms with Gasteiger partial charge in [-0.25, -0.2) is 0 Å². The summed E-state index contributed by atoms with van der Waals surface area (Å²) in [5.41, 5.74) is 4.25. The standard InChI is InChI=1S/C24H19ClO3/c1-15-4-3-5-17(12-15)14-27-24-22(26)20-11-6-16(2)13-21(20)28-23(24)18-7-9-19(25)10-8-18/h3-13H,14H2,1-2H3. The third-order valence-corrected chi connectivity index (χ3v) is 4.83. The Morgan fingerprint density at radius 3 is 2.43 bits per heavy atom. The van der Waals surface area contributed by atoms with Gasteiger partial charge in [0.25, 0.3) is 0 Å². The zero-order valence-corrected chi connectivity index (χ0v) is 16.4. The zero-order valence-electron chi connectivity index (χ0n) is 15.7. The Morgan fingerprint density at radius 1 is 0.929 bits per heavy atom. The minimum Gasteiger partial charge on any atom is -0.481 e. The molecule has 0 aliphatic heterocycles. The van der Waals surface area contributed by atoms with Gasteiger partial charge in [-0.1, -0.05) is 47.5 Å². The van der Waals surface area contributed by atoms with Gasteiger partial charge in [0.1, 0.15) is 12.2 Å². The van der Waals surface area contributed by atoms with Crippen molar-refractivity contribution in [1.82, 2.24) is 0 Å². The van der Waals surface area contributed by atoms with E-state index >= 15 is 0 Å². The minimum atomic E-state index is -0.182. The first-order valence-corrected chi connectivity index (χ1v) is 9.41. The molecule has 28 heavy (non-hydrogen) atoms. The summed E-state index contributed by atoms with van der Waals surface area (Å²) in [6, 6.07) is 20.7. The Morgan fingerprint density at radius 2 is 1.68 bits per heavy atom. The molecule has 0 spiro atoms. The third kappa shape index (κ3) is 3.67. The van der Waals surface area contributed by atoms with E-state index in [-0.39, 0.29) is 17.8 Å². The first-order valence-electron chi connectivity index (χ1n) is 9.03. The first-order chi connectivity index (χ1) is 13.5. The normalized spacial score (nSPS) is 11.0. The van der Waals surface area contributed by atoms with Crippen molar-refractivity contribution in [1.29, 1.82) is 0 Å². The molecule has 4 aromatic rings. The highest BCUT2D eigenvalue weighted by Gasteiger charge is 2.18. The van der Waals surface area contributed by atoms with E-state index < -0.39 is 0 Å². The molecule has 0 radical (unpaired) electrons. The maximum Gasteiger partial charge on any atom is 0.235 e. The van der Waals surface area contributed by atoms with Crippen molar-refractivity contribution in [3.8, 4) is 17.1 Å². The molecule has 0 atom stereocenters. The van der Waals surface area contributed by atoms with Crippen LogP contribution < -0.4 is 10.2 Å². The quantitative estimate of drug-likeness (QED) is 0.410. The van der Waals surface area contributed by atoms with Crippen LogP contribution >= 0.6 is 11.6 Å². The lowest BCUT2D eigenvalue weighted by atomic mass is 10.1. The van der Waals surface area contributed by atoms with Gasteiger partial charge in [-0.05, 0) is 61.4 Å². The van der Waals surface area contributed by atoms with Crippen LogP contribution in [0.25, 0.3) is 22.3 Å². The highest BCUT2D eigenvalue weighted by molar-refractivity contribution is 6.30. The average molecular weight is 391 g/mol. The number of hydrogen-bond acceptors (Lipinski definition) is 3. The molecule has 140 valence electrons. The van der Waals surface area contributed by atoms with Gasteiger partial charge in [0.05, 0.1) is 5.39 Å². The van der Waals surface area contributed by atoms with Gasteiger partial charge in [0.15, 0.2) is 5.76 Å². The van der Waals surface area contributed by atoms with E-state index in [0.29, 0.717) is 21.8 Å². The van der Waals surface area contributed by atoms with E-state index in [1.54, 1.807) is 18.2 Å². The van der Waals surface area contributed by atoms with Crippen LogP contribution in [0.15, 0.2) is 75.9 Å². The van der Waals surface area contributed by atoms with E-state index in [1.807, 2.05) is 62.4 Å². The fourth-order valence-corrected chi connectivity index (χ4v) is 3.29. The summed E-state index contributed by atoms with van der Waals surface area (Å²) in [6.07, 6.45) is 0. The van der Waals surface area contributed by atoms with Crippen LogP contribution in [-0.4, -0.2) is 0 Å². The summed E-state index contributed by atoms with van der Waals surface area (Å²) < 4.78 is 12.1. The Kier molecular flexibility index (Phi) is 4.93. The lowest BCUT2D eigenvalue weighted by Gasteiger charge is -2.12. The molecule has 0 aliphatic carbocycles. The fraction of sp³-hybridized carbons (Fsp3) is 0.125. The van der Waals surface area contributed by atoms with Gasteiger partial charge in [0, 0.05) is 10.6 Å². The number of aryl methyl sites for hydroxylation is 2. The average Bonchev–Trinajstić information content (AvgIpc) is 2.67. The fourth-order valence-electron chi connectivity index (χ4n) is 3.16. The number of hydrogen-bond donors (Lipinski definition) is 0. The molecule has 4 rings (SSSR count). The predicted octanol–water partition coefficient (Wildman–Crippen LogP) is 6.31. The second kappa shape index (κ2) is 7.53. The van der Waals surface area contributed by atoms with E-state index in [2.05, 4.69) is 0 Å². The lowest BCUT2D eigenvalue weighted by molar-refractivity contribution is 0.298. The monoisotopic (exact) mass is 390 g/mol. The predicted molar refractivity (Wildman–Crippen MR) is 113 cm³/mol. The van der Waals surface area contributed by atoms with Gasteiger partial charge in [-0.15, -0.1) is 0 Å². The molecule has 0 amide bonds. The number of rotatable bonds is 4. The summed E-state index contributed by atoms with van der Waals surface area (Å²) in [6.45, 7) is 4.27. The van der Waals surface area contributed by atoms with Gasteiger partial charge < -0.3 is 9.15 Å². The smallest absolute Gasteiger partial charge is 0.235 e. The van der Waals surface area contributed by atoms with Crippen molar-refractivity contribution >= 4 is 22.6 Å². The van der Waals surface area contributed by atoms with E-state index in [4.69, 9.17) is 20.8 Å². The minimum absolute atomic E-state index is 0.182. The molecular weight excluding hydrogens is 372 g/mol. The molecule has 0 fully saturated rings. The Balaban J connectivity index is 1.85. The molecule has 0 unspecified atom stereocenters. The van der Waals surface area contributed by atoms with E-state index in [9.17, 15) is 4.79 Å². The van der Waals surface area contributed by atoms with Crippen molar-refractivity contribution in [3.63, 3.8) is 0 Å². The Bertz CT molecular complexity index is 1210. The second-order valence-electron chi connectivity index (χ2n) is 6.87. The maximum atomic E-state index is 13.2. The van der Waals surface area contributed by atoms with Crippen LogP contribution in [0.5, 0.6) is 5.75 Å². The molecule has 1 heterocycles. The van der Waals surface area contributed by atoms with Crippen molar-refractivity contribution in [3.05, 3.63) is 98.7 Å². The highest BCUT2D eigenvalue weighted by Crippen LogP contribution is 2.32. The van der Waals surface area contributed by atoms with E-state index in [0.717, 1.165) is 22.3 Å². The van der Waals surface area contributed by atoms with Crippen LogP contribution in [0.1, 0.15) is 16.7 Å². The first kappa shape index (κ1) is 18.3. The summed E-state index contributed by atoms with van der Waals surface area (Å²) in [5.74, 6) is 0.618. The molecule has 3 aromatic carbocycles. The van der Waals surface area contributed by atoms with Crippen LogP contribution in [-0.2, 0) is 6.61 Å². The van der Waals surface area contributed by atoms with Gasteiger partial charge in [-0.3, -0.25) is 4.79 Å². The molecular formula is C24H19ClO3. The third-order valence-electron chi connectivity index (χ3n) is 4.58. The number of ether oxygens (including phenoxy) is 1. The summed E-state index contributed by atoms with van der Waals surface area (Å²) in [5, 5.41) is 1.12. The summed E-state index contributed by atoms with van der Waals surface area (Å²) in [4.78, 5) is 13.2. The van der Waals surface area contributed by atoms with Crippen molar-refractivity contribution in [2.75, 3.05) is 0 Å². The number of benzene rings is 3. The SMILES string of the molecule is Cc1cccc(COc2c(-c3ccc(Cl)cc3)oc3cc(C)ccc3c2=O)c1. The van der Waals surface area contributed by atoms with Crippen LogP contribution in [0.3, 0.4) is 0 Å². The molecule has 0 aliphatic rings. The topological polar surface area (TPSA) is 39.4 Å². The van der Waals surface area contributed by atoms with Crippen LogP contribution in [0, 0.1) is 13.8 Å². The molecule has 4 heteroatoms.